The van der Waals surface area contributed by atoms with Crippen LogP contribution in [0.5, 0.6) is 0 Å². The fourth-order valence-corrected chi connectivity index (χ4v) is 1.95. The second kappa shape index (κ2) is 7.63. The van der Waals surface area contributed by atoms with E-state index in [4.69, 9.17) is 9.53 Å². The molecule has 0 bridgehead atoms. The van der Waals surface area contributed by atoms with E-state index in [9.17, 15) is 4.79 Å². The molecule has 1 aliphatic heterocycles. The summed E-state index contributed by atoms with van der Waals surface area (Å²) in [5, 5.41) is 4.20. The zero-order valence-corrected chi connectivity index (χ0v) is 12.7. The van der Waals surface area contributed by atoms with Gasteiger partial charge in [-0.1, -0.05) is 0 Å². The van der Waals surface area contributed by atoms with E-state index >= 15 is 0 Å². The molecule has 21 heavy (non-hydrogen) atoms. The van der Waals surface area contributed by atoms with Crippen LogP contribution in [0.3, 0.4) is 0 Å². The summed E-state index contributed by atoms with van der Waals surface area (Å²) in [4.78, 5) is 22.5. The van der Waals surface area contributed by atoms with Gasteiger partial charge in [0.15, 0.2) is 0 Å². The summed E-state index contributed by atoms with van der Waals surface area (Å²) < 4.78 is 7.25. The van der Waals surface area contributed by atoms with Crippen molar-refractivity contribution in [2.75, 3.05) is 13.1 Å². The lowest BCUT2D eigenvalue weighted by molar-refractivity contribution is -0.109. The van der Waals surface area contributed by atoms with Crippen molar-refractivity contribution in [2.45, 2.75) is 38.8 Å². The Kier molecular flexibility index (Phi) is 6.16. The molecule has 2 heterocycles. The van der Waals surface area contributed by atoms with Gasteiger partial charge in [0, 0.05) is 25.5 Å². The summed E-state index contributed by atoms with van der Waals surface area (Å²) in [7, 11) is 0. The second-order valence-corrected chi connectivity index (χ2v) is 5.64. The van der Waals surface area contributed by atoms with Crippen molar-refractivity contribution in [1.29, 1.82) is 0 Å². The standard InChI is InChI=1S/C12H19N3O2.CH4N2O/c1-12(2,3)17-11(16)14-8-5-10(9-14)15-7-4-6-13-15;2-3-1-4/h4,6-7,10H,5,8-9H2,1-3H3;1H,2H2,(H,3,4). The molecule has 0 aromatic carbocycles. The highest BCUT2D eigenvalue weighted by molar-refractivity contribution is 5.68. The van der Waals surface area contributed by atoms with Gasteiger partial charge < -0.3 is 9.64 Å². The second-order valence-electron chi connectivity index (χ2n) is 5.64. The Hall–Kier alpha value is -2.09. The van der Waals surface area contributed by atoms with E-state index in [0.717, 1.165) is 13.0 Å². The molecule has 2 amide bonds. The summed E-state index contributed by atoms with van der Waals surface area (Å²) in [5.41, 5.74) is 1.32. The number of hydrogen-bond acceptors (Lipinski definition) is 5. The van der Waals surface area contributed by atoms with Crippen LogP contribution in [0.15, 0.2) is 18.5 Å². The van der Waals surface area contributed by atoms with Gasteiger partial charge in [0.25, 0.3) is 0 Å². The summed E-state index contributed by atoms with van der Waals surface area (Å²) in [6.45, 7) is 7.06. The predicted octanol–water partition coefficient (Wildman–Crippen LogP) is 0.671. The summed E-state index contributed by atoms with van der Waals surface area (Å²) in [6.07, 6.45) is 4.80. The lowest BCUT2D eigenvalue weighted by atomic mass is 10.2. The molecule has 2 rings (SSSR count). The number of hydrazine groups is 1. The van der Waals surface area contributed by atoms with Crippen LogP contribution >= 0.6 is 0 Å². The molecule has 0 aliphatic carbocycles. The smallest absolute Gasteiger partial charge is 0.410 e. The number of carbonyl (C=O) groups is 2. The number of rotatable bonds is 2. The van der Waals surface area contributed by atoms with Crippen molar-refractivity contribution in [3.05, 3.63) is 18.5 Å². The topological polar surface area (TPSA) is 102 Å². The molecule has 1 aliphatic rings. The molecule has 1 aromatic rings. The van der Waals surface area contributed by atoms with E-state index in [-0.39, 0.29) is 12.1 Å². The number of likely N-dealkylation sites (tertiary alicyclic amines) is 1. The zero-order chi connectivity index (χ0) is 15.9. The third-order valence-corrected chi connectivity index (χ3v) is 2.78. The van der Waals surface area contributed by atoms with Crippen molar-refractivity contribution in [3.63, 3.8) is 0 Å². The molecule has 1 saturated heterocycles. The monoisotopic (exact) mass is 297 g/mol. The Morgan fingerprint density at radius 1 is 1.52 bits per heavy atom. The number of nitrogens with two attached hydrogens (primary N) is 1. The van der Waals surface area contributed by atoms with Gasteiger partial charge in [0.05, 0.1) is 6.04 Å². The van der Waals surface area contributed by atoms with Crippen LogP contribution in [-0.2, 0) is 9.53 Å². The van der Waals surface area contributed by atoms with E-state index in [1.54, 1.807) is 16.5 Å². The molecule has 1 atom stereocenters. The van der Waals surface area contributed by atoms with Crippen LogP contribution in [0.1, 0.15) is 33.2 Å². The van der Waals surface area contributed by atoms with Gasteiger partial charge in [-0.2, -0.15) is 5.10 Å². The highest BCUT2D eigenvalue weighted by atomic mass is 16.6. The van der Waals surface area contributed by atoms with Crippen LogP contribution in [0.25, 0.3) is 0 Å². The molecule has 8 nitrogen and oxygen atoms in total. The number of nitrogens with zero attached hydrogens (tertiary/aromatic N) is 3. The summed E-state index contributed by atoms with van der Waals surface area (Å²) in [6, 6.07) is 2.17. The Morgan fingerprint density at radius 2 is 2.19 bits per heavy atom. The van der Waals surface area contributed by atoms with E-state index in [1.165, 1.54) is 0 Å². The average Bonchev–Trinajstić information content (AvgIpc) is 3.07. The first-order valence-corrected chi connectivity index (χ1v) is 6.74. The predicted molar refractivity (Wildman–Crippen MR) is 77.1 cm³/mol. The van der Waals surface area contributed by atoms with Crippen LogP contribution in [-0.4, -0.2) is 45.9 Å². The van der Waals surface area contributed by atoms with Gasteiger partial charge in [-0.25, -0.2) is 10.6 Å². The quantitative estimate of drug-likeness (QED) is 0.361. The zero-order valence-electron chi connectivity index (χ0n) is 12.7. The molecule has 0 spiro atoms. The highest BCUT2D eigenvalue weighted by Crippen LogP contribution is 2.22. The molecule has 1 fully saturated rings. The number of hydrogen-bond donors (Lipinski definition) is 2. The molecule has 8 heteroatoms. The number of ether oxygens (including phenoxy) is 1. The van der Waals surface area contributed by atoms with Gasteiger partial charge >= 0.3 is 6.09 Å². The molecular weight excluding hydrogens is 274 g/mol. The third-order valence-electron chi connectivity index (χ3n) is 2.78. The van der Waals surface area contributed by atoms with E-state index in [1.807, 2.05) is 37.7 Å². The fraction of sp³-hybridized carbons (Fsp3) is 0.615. The van der Waals surface area contributed by atoms with E-state index < -0.39 is 5.60 Å². The maximum Gasteiger partial charge on any atom is 0.410 e. The van der Waals surface area contributed by atoms with E-state index in [2.05, 4.69) is 10.9 Å². The van der Waals surface area contributed by atoms with Crippen molar-refractivity contribution < 1.29 is 14.3 Å². The Labute approximate surface area is 124 Å². The van der Waals surface area contributed by atoms with E-state index in [0.29, 0.717) is 13.0 Å². The van der Waals surface area contributed by atoms with Crippen molar-refractivity contribution >= 4 is 12.5 Å². The summed E-state index contributed by atoms with van der Waals surface area (Å²) in [5.74, 6) is 4.41. The lowest BCUT2D eigenvalue weighted by Gasteiger charge is -2.24. The first kappa shape index (κ1) is 17.0. The van der Waals surface area contributed by atoms with Gasteiger partial charge in [-0.15, -0.1) is 0 Å². The molecule has 0 saturated carbocycles. The van der Waals surface area contributed by atoms with Crippen LogP contribution < -0.4 is 11.3 Å². The molecular formula is C13H23N5O3. The molecule has 0 radical (unpaired) electrons. The molecule has 3 N–H and O–H groups in total. The van der Waals surface area contributed by atoms with Crippen molar-refractivity contribution in [1.82, 2.24) is 20.1 Å². The van der Waals surface area contributed by atoms with Crippen LogP contribution in [0, 0.1) is 0 Å². The summed E-state index contributed by atoms with van der Waals surface area (Å²) >= 11 is 0. The van der Waals surface area contributed by atoms with Crippen LogP contribution in [0.2, 0.25) is 0 Å². The maximum atomic E-state index is 11.9. The lowest BCUT2D eigenvalue weighted by Crippen LogP contribution is -2.35. The fourth-order valence-electron chi connectivity index (χ4n) is 1.95. The average molecular weight is 297 g/mol. The Balaban J connectivity index is 0.000000491. The van der Waals surface area contributed by atoms with Crippen molar-refractivity contribution in [3.8, 4) is 0 Å². The minimum Gasteiger partial charge on any atom is -0.444 e. The normalized spacial score (nSPS) is 17.7. The SMILES string of the molecule is CC(C)(C)OC(=O)N1CCC(n2cccn2)C1.NNC=O. The molecule has 1 aromatic heterocycles. The molecule has 118 valence electrons. The molecule has 1 unspecified atom stereocenters. The Morgan fingerprint density at radius 3 is 2.67 bits per heavy atom. The first-order chi connectivity index (χ1) is 9.87. The van der Waals surface area contributed by atoms with Gasteiger partial charge in [-0.05, 0) is 33.3 Å². The third kappa shape index (κ3) is 5.82. The minimum atomic E-state index is -0.430. The first-order valence-electron chi connectivity index (χ1n) is 6.74. The number of carbonyl (C=O) groups excluding carboxylic acids is 2. The largest absolute Gasteiger partial charge is 0.444 e. The van der Waals surface area contributed by atoms with Gasteiger partial charge in [-0.3, -0.25) is 14.9 Å². The maximum absolute atomic E-state index is 11.9. The number of nitrogens with one attached hydrogen (secondary N) is 1. The highest BCUT2D eigenvalue weighted by Gasteiger charge is 2.30. The Bertz CT molecular complexity index is 441. The van der Waals surface area contributed by atoms with Crippen LogP contribution in [0.4, 0.5) is 4.79 Å². The van der Waals surface area contributed by atoms with Gasteiger partial charge in [0.2, 0.25) is 6.41 Å². The van der Waals surface area contributed by atoms with Gasteiger partial charge in [0.1, 0.15) is 5.60 Å². The number of amides is 2. The minimum absolute atomic E-state index is 0.229. The van der Waals surface area contributed by atoms with Crippen molar-refractivity contribution in [2.24, 2.45) is 5.84 Å². The number of aromatic nitrogens is 2.